The highest BCUT2D eigenvalue weighted by atomic mass is 16.3. The van der Waals surface area contributed by atoms with Crippen LogP contribution in [0.3, 0.4) is 0 Å². The lowest BCUT2D eigenvalue weighted by molar-refractivity contribution is 0.670. The average molecular weight is 627 g/mol. The number of hydrogen-bond donors (Lipinski definition) is 0. The third-order valence-corrected chi connectivity index (χ3v) is 10.4. The van der Waals surface area contributed by atoms with Crippen LogP contribution in [0.15, 0.2) is 168 Å². The summed E-state index contributed by atoms with van der Waals surface area (Å²) in [7, 11) is 0. The molecule has 2 heterocycles. The Labute approximate surface area is 284 Å². The maximum Gasteiger partial charge on any atom is 0.160 e. The average Bonchev–Trinajstić information content (AvgIpc) is 3.68. The van der Waals surface area contributed by atoms with Crippen molar-refractivity contribution in [2.75, 3.05) is 0 Å². The fourth-order valence-electron chi connectivity index (χ4n) is 7.87. The molecule has 3 heteroatoms. The molecule has 0 saturated carbocycles. The Kier molecular flexibility index (Phi) is 6.00. The number of hydrogen-bond acceptors (Lipinski definition) is 3. The number of fused-ring (bicyclic) bond motifs is 7. The van der Waals surface area contributed by atoms with Crippen molar-refractivity contribution in [1.82, 2.24) is 9.97 Å². The number of para-hydroxylation sites is 2. The summed E-state index contributed by atoms with van der Waals surface area (Å²) in [6.45, 7) is 2.35. The second-order valence-corrected chi connectivity index (χ2v) is 13.1. The molecule has 49 heavy (non-hydrogen) atoms. The van der Waals surface area contributed by atoms with E-state index in [-0.39, 0.29) is 5.41 Å². The molecule has 0 amide bonds. The van der Waals surface area contributed by atoms with E-state index in [1.165, 1.54) is 33.2 Å². The molecule has 10 rings (SSSR count). The van der Waals surface area contributed by atoms with Gasteiger partial charge in [-0.15, -0.1) is 0 Å². The fraction of sp³-hybridized carbons (Fsp3) is 0.0435. The first kappa shape index (κ1) is 27.8. The number of nitrogens with zero attached hydrogens (tertiary/aromatic N) is 2. The minimum Gasteiger partial charge on any atom is -0.455 e. The predicted molar refractivity (Wildman–Crippen MR) is 201 cm³/mol. The summed E-state index contributed by atoms with van der Waals surface area (Å²) in [5.74, 6) is 0.681. The van der Waals surface area contributed by atoms with E-state index in [2.05, 4.69) is 159 Å². The number of rotatable bonds is 4. The van der Waals surface area contributed by atoms with Crippen molar-refractivity contribution >= 4 is 32.7 Å². The molecule has 0 spiro atoms. The molecule has 3 nitrogen and oxygen atoms in total. The second kappa shape index (κ2) is 10.6. The largest absolute Gasteiger partial charge is 0.455 e. The molecular weight excluding hydrogens is 597 g/mol. The summed E-state index contributed by atoms with van der Waals surface area (Å²) in [6.07, 6.45) is 0. The summed E-state index contributed by atoms with van der Waals surface area (Å²) in [4.78, 5) is 10.5. The SMILES string of the molecule is CC1(c2ccccc2)c2ccccc2-c2ccc(-c3cc(-c4cccc5c4oc4ccccc45)nc(-c4ccc5ccccc5c4)n3)cc21. The van der Waals surface area contributed by atoms with Crippen LogP contribution in [0.5, 0.6) is 0 Å². The molecule has 7 aromatic carbocycles. The standard InChI is InChI=1S/C46H30N2O/c1-46(33-14-3-2-4-15-33)39-20-9-7-16-34(39)35-25-24-31(27-40(35)46)41-28-42(38-19-11-18-37-36-17-8-10-21-43(36)49-44(37)38)48-45(47-41)32-23-22-29-12-5-6-13-30(29)26-32/h2-28H,1H3. The molecule has 1 atom stereocenters. The van der Waals surface area contributed by atoms with Crippen molar-refractivity contribution < 1.29 is 4.42 Å². The Balaban J connectivity index is 1.21. The van der Waals surface area contributed by atoms with Crippen molar-refractivity contribution in [3.05, 3.63) is 180 Å². The minimum atomic E-state index is -0.305. The Morgan fingerprint density at radius 2 is 1.16 bits per heavy atom. The monoisotopic (exact) mass is 626 g/mol. The van der Waals surface area contributed by atoms with E-state index in [9.17, 15) is 0 Å². The van der Waals surface area contributed by atoms with Crippen LogP contribution < -0.4 is 0 Å². The van der Waals surface area contributed by atoms with Crippen molar-refractivity contribution in [1.29, 1.82) is 0 Å². The van der Waals surface area contributed by atoms with E-state index >= 15 is 0 Å². The zero-order valence-corrected chi connectivity index (χ0v) is 26.9. The van der Waals surface area contributed by atoms with Crippen LogP contribution in [0.4, 0.5) is 0 Å². The zero-order valence-electron chi connectivity index (χ0n) is 26.9. The van der Waals surface area contributed by atoms with Gasteiger partial charge in [-0.3, -0.25) is 0 Å². The van der Waals surface area contributed by atoms with Gasteiger partial charge in [0, 0.05) is 32.9 Å². The van der Waals surface area contributed by atoms with Crippen molar-refractivity contribution in [2.24, 2.45) is 0 Å². The maximum atomic E-state index is 6.50. The molecule has 1 aliphatic rings. The minimum absolute atomic E-state index is 0.305. The van der Waals surface area contributed by atoms with Crippen LogP contribution in [0.2, 0.25) is 0 Å². The summed E-state index contributed by atoms with van der Waals surface area (Å²) < 4.78 is 6.50. The molecule has 1 unspecified atom stereocenters. The van der Waals surface area contributed by atoms with Crippen molar-refractivity contribution in [3.63, 3.8) is 0 Å². The summed E-state index contributed by atoms with van der Waals surface area (Å²) >= 11 is 0. The molecule has 230 valence electrons. The molecule has 0 saturated heterocycles. The molecular formula is C46H30N2O. The predicted octanol–water partition coefficient (Wildman–Crippen LogP) is 11.9. The van der Waals surface area contributed by atoms with Crippen molar-refractivity contribution in [3.8, 4) is 45.0 Å². The molecule has 9 aromatic rings. The Morgan fingerprint density at radius 1 is 0.469 bits per heavy atom. The van der Waals surface area contributed by atoms with Gasteiger partial charge in [0.2, 0.25) is 0 Å². The van der Waals surface area contributed by atoms with Gasteiger partial charge in [-0.05, 0) is 75.8 Å². The van der Waals surface area contributed by atoms with Crippen LogP contribution in [-0.4, -0.2) is 9.97 Å². The number of furan rings is 1. The van der Waals surface area contributed by atoms with Crippen LogP contribution in [0.25, 0.3) is 77.7 Å². The number of benzene rings is 7. The highest BCUT2D eigenvalue weighted by Gasteiger charge is 2.40. The van der Waals surface area contributed by atoms with E-state index in [1.807, 2.05) is 12.1 Å². The smallest absolute Gasteiger partial charge is 0.160 e. The third-order valence-electron chi connectivity index (χ3n) is 10.4. The first-order valence-electron chi connectivity index (χ1n) is 16.7. The quantitative estimate of drug-likeness (QED) is 0.195. The van der Waals surface area contributed by atoms with Gasteiger partial charge >= 0.3 is 0 Å². The topological polar surface area (TPSA) is 38.9 Å². The summed E-state index contributed by atoms with van der Waals surface area (Å²) in [5, 5.41) is 4.52. The van der Waals surface area contributed by atoms with Gasteiger partial charge in [0.15, 0.2) is 5.82 Å². The molecule has 1 aliphatic carbocycles. The van der Waals surface area contributed by atoms with E-state index in [4.69, 9.17) is 14.4 Å². The van der Waals surface area contributed by atoms with Crippen LogP contribution in [0.1, 0.15) is 23.6 Å². The normalized spacial score (nSPS) is 15.1. The van der Waals surface area contributed by atoms with E-state index in [0.29, 0.717) is 5.82 Å². The van der Waals surface area contributed by atoms with Gasteiger partial charge in [-0.1, -0.05) is 133 Å². The van der Waals surface area contributed by atoms with Gasteiger partial charge in [0.1, 0.15) is 11.2 Å². The van der Waals surface area contributed by atoms with E-state index in [1.54, 1.807) is 0 Å². The van der Waals surface area contributed by atoms with Gasteiger partial charge in [-0.2, -0.15) is 0 Å². The highest BCUT2D eigenvalue weighted by Crippen LogP contribution is 2.53. The summed E-state index contributed by atoms with van der Waals surface area (Å²) in [5.41, 5.74) is 12.5. The third kappa shape index (κ3) is 4.22. The van der Waals surface area contributed by atoms with Crippen LogP contribution in [-0.2, 0) is 5.41 Å². The molecule has 0 fully saturated rings. The van der Waals surface area contributed by atoms with Gasteiger partial charge < -0.3 is 4.42 Å². The first-order chi connectivity index (χ1) is 24.1. The first-order valence-corrected chi connectivity index (χ1v) is 16.7. The van der Waals surface area contributed by atoms with Gasteiger partial charge in [-0.25, -0.2) is 9.97 Å². The number of aromatic nitrogens is 2. The van der Waals surface area contributed by atoms with Crippen LogP contribution in [0, 0.1) is 0 Å². The maximum absolute atomic E-state index is 6.50. The molecule has 0 N–H and O–H groups in total. The fourth-order valence-corrected chi connectivity index (χ4v) is 7.87. The molecule has 2 aromatic heterocycles. The highest BCUT2D eigenvalue weighted by molar-refractivity contribution is 6.09. The molecule has 0 bridgehead atoms. The van der Waals surface area contributed by atoms with E-state index < -0.39 is 0 Å². The van der Waals surface area contributed by atoms with Gasteiger partial charge in [0.05, 0.1) is 11.4 Å². The summed E-state index contributed by atoms with van der Waals surface area (Å²) in [6, 6.07) is 58.0. The molecule has 0 aliphatic heterocycles. The lowest BCUT2D eigenvalue weighted by Gasteiger charge is -2.28. The Bertz CT molecular complexity index is 2740. The lowest BCUT2D eigenvalue weighted by Crippen LogP contribution is -2.22. The van der Waals surface area contributed by atoms with Crippen molar-refractivity contribution in [2.45, 2.75) is 12.3 Å². The second-order valence-electron chi connectivity index (χ2n) is 13.1. The molecule has 0 radical (unpaired) electrons. The van der Waals surface area contributed by atoms with E-state index in [0.717, 1.165) is 55.4 Å². The Morgan fingerprint density at radius 3 is 2.08 bits per heavy atom. The zero-order chi connectivity index (χ0) is 32.5. The lowest BCUT2D eigenvalue weighted by atomic mass is 9.74. The van der Waals surface area contributed by atoms with Crippen LogP contribution >= 0.6 is 0 Å². The Hall–Kier alpha value is -6.32. The van der Waals surface area contributed by atoms with Gasteiger partial charge in [0.25, 0.3) is 0 Å².